The molecule has 1 aromatic carbocycles. The van der Waals surface area contributed by atoms with Crippen LogP contribution in [-0.4, -0.2) is 39.4 Å². The van der Waals surface area contributed by atoms with Crippen LogP contribution in [0.3, 0.4) is 0 Å². The maximum absolute atomic E-state index is 11.3. The number of hydrogen-bond acceptors (Lipinski definition) is 4. The average Bonchev–Trinajstić information content (AvgIpc) is 2.36. The predicted molar refractivity (Wildman–Crippen MR) is 74.4 cm³/mol. The van der Waals surface area contributed by atoms with Crippen LogP contribution in [0.25, 0.3) is 0 Å². The molecule has 1 aliphatic rings. The lowest BCUT2D eigenvalue weighted by Crippen LogP contribution is -2.45. The van der Waals surface area contributed by atoms with Crippen LogP contribution in [0.2, 0.25) is 0 Å². The van der Waals surface area contributed by atoms with Crippen molar-refractivity contribution in [3.8, 4) is 0 Å². The Balaban J connectivity index is 1.82. The van der Waals surface area contributed by atoms with Gasteiger partial charge in [0.15, 0.2) is 0 Å². The highest BCUT2D eigenvalue weighted by molar-refractivity contribution is 5.91. The Kier molecular flexibility index (Phi) is 4.39. The minimum Gasteiger partial charge on any atom is -0.384 e. The van der Waals surface area contributed by atoms with Crippen molar-refractivity contribution >= 4 is 17.3 Å². The quantitative estimate of drug-likeness (QED) is 0.821. The Bertz CT molecular complexity index is 427. The molecule has 1 aromatic rings. The number of anilines is 2. The Hall–Kier alpha value is -1.59. The van der Waals surface area contributed by atoms with Gasteiger partial charge in [0.25, 0.3) is 0 Å². The van der Waals surface area contributed by atoms with Gasteiger partial charge in [0.2, 0.25) is 5.91 Å². The standard InChI is InChI=1S/C14H20N2O3/c1-14(9-19-10-14)8-15-11-3-5-12(6-4-11)16-13(17)7-18-2/h3-6,15H,7-10H2,1-2H3,(H,16,17). The number of carbonyl (C=O) groups excluding carboxylic acids is 1. The average molecular weight is 264 g/mol. The number of methoxy groups -OCH3 is 1. The smallest absolute Gasteiger partial charge is 0.250 e. The summed E-state index contributed by atoms with van der Waals surface area (Å²) in [4.78, 5) is 11.3. The normalized spacial score (nSPS) is 16.5. The molecule has 0 atom stereocenters. The van der Waals surface area contributed by atoms with E-state index in [1.54, 1.807) is 0 Å². The molecule has 0 aromatic heterocycles. The summed E-state index contributed by atoms with van der Waals surface area (Å²) in [5.74, 6) is -0.151. The van der Waals surface area contributed by atoms with Gasteiger partial charge in [-0.25, -0.2) is 0 Å². The molecule has 0 saturated carbocycles. The van der Waals surface area contributed by atoms with E-state index in [2.05, 4.69) is 17.6 Å². The van der Waals surface area contributed by atoms with Crippen molar-refractivity contribution in [2.45, 2.75) is 6.92 Å². The highest BCUT2D eigenvalue weighted by Crippen LogP contribution is 2.27. The number of nitrogens with one attached hydrogen (secondary N) is 2. The van der Waals surface area contributed by atoms with Gasteiger partial charge >= 0.3 is 0 Å². The van der Waals surface area contributed by atoms with Crippen molar-refractivity contribution in [2.24, 2.45) is 5.41 Å². The van der Waals surface area contributed by atoms with Crippen LogP contribution in [0, 0.1) is 5.41 Å². The third-order valence-electron chi connectivity index (χ3n) is 3.06. The summed E-state index contributed by atoms with van der Waals surface area (Å²) in [7, 11) is 1.50. The molecule has 104 valence electrons. The second kappa shape index (κ2) is 6.04. The molecule has 0 spiro atoms. The predicted octanol–water partition coefficient (Wildman–Crippen LogP) is 1.72. The molecule has 1 amide bonds. The maximum Gasteiger partial charge on any atom is 0.250 e. The SMILES string of the molecule is COCC(=O)Nc1ccc(NCC2(C)COC2)cc1. The van der Waals surface area contributed by atoms with E-state index in [0.29, 0.717) is 0 Å². The molecule has 5 heteroatoms. The van der Waals surface area contributed by atoms with Crippen LogP contribution in [0.15, 0.2) is 24.3 Å². The molecule has 1 saturated heterocycles. The van der Waals surface area contributed by atoms with Crippen molar-refractivity contribution in [1.29, 1.82) is 0 Å². The zero-order valence-electron chi connectivity index (χ0n) is 11.4. The van der Waals surface area contributed by atoms with Gasteiger partial charge in [-0.05, 0) is 24.3 Å². The highest BCUT2D eigenvalue weighted by atomic mass is 16.5. The lowest BCUT2D eigenvalue weighted by atomic mass is 9.89. The fourth-order valence-corrected chi connectivity index (χ4v) is 1.87. The minimum atomic E-state index is -0.151. The number of amides is 1. The summed E-state index contributed by atoms with van der Waals surface area (Å²) in [5.41, 5.74) is 2.05. The molecule has 2 N–H and O–H groups in total. The van der Waals surface area contributed by atoms with Crippen LogP contribution in [0.1, 0.15) is 6.92 Å². The van der Waals surface area contributed by atoms with Crippen molar-refractivity contribution in [3.05, 3.63) is 24.3 Å². The zero-order chi connectivity index (χ0) is 13.7. The maximum atomic E-state index is 11.3. The third-order valence-corrected chi connectivity index (χ3v) is 3.06. The van der Waals surface area contributed by atoms with Crippen LogP contribution < -0.4 is 10.6 Å². The summed E-state index contributed by atoms with van der Waals surface area (Å²) in [5, 5.41) is 6.13. The number of ether oxygens (including phenoxy) is 2. The number of hydrogen-bond donors (Lipinski definition) is 2. The second-order valence-electron chi connectivity index (χ2n) is 5.22. The number of benzene rings is 1. The molecule has 1 fully saturated rings. The van der Waals surface area contributed by atoms with Gasteiger partial charge in [-0.15, -0.1) is 0 Å². The van der Waals surface area contributed by atoms with E-state index in [-0.39, 0.29) is 17.9 Å². The second-order valence-corrected chi connectivity index (χ2v) is 5.22. The molecule has 1 aliphatic heterocycles. The molecule has 19 heavy (non-hydrogen) atoms. The van der Waals surface area contributed by atoms with Gasteiger partial charge in [-0.3, -0.25) is 4.79 Å². The van der Waals surface area contributed by atoms with E-state index < -0.39 is 0 Å². The largest absolute Gasteiger partial charge is 0.384 e. The summed E-state index contributed by atoms with van der Waals surface area (Å²) >= 11 is 0. The number of rotatable bonds is 6. The first kappa shape index (κ1) is 13.8. The van der Waals surface area contributed by atoms with Crippen molar-refractivity contribution in [2.75, 3.05) is 44.1 Å². The molecule has 0 aliphatic carbocycles. The summed E-state index contributed by atoms with van der Waals surface area (Å²) in [6.07, 6.45) is 0. The minimum absolute atomic E-state index is 0.0678. The van der Waals surface area contributed by atoms with E-state index in [1.165, 1.54) is 7.11 Å². The van der Waals surface area contributed by atoms with Crippen LogP contribution in [0.5, 0.6) is 0 Å². The fourth-order valence-electron chi connectivity index (χ4n) is 1.87. The Labute approximate surface area is 113 Å². The first-order valence-corrected chi connectivity index (χ1v) is 6.32. The van der Waals surface area contributed by atoms with Gasteiger partial charge in [0.05, 0.1) is 13.2 Å². The van der Waals surface area contributed by atoms with Crippen LogP contribution in [0.4, 0.5) is 11.4 Å². The summed E-state index contributed by atoms with van der Waals surface area (Å²) in [6.45, 7) is 4.78. The molecule has 0 bridgehead atoms. The lowest BCUT2D eigenvalue weighted by molar-refractivity contribution is -0.119. The molecule has 0 unspecified atom stereocenters. The number of carbonyl (C=O) groups is 1. The summed E-state index contributed by atoms with van der Waals surface area (Å²) in [6, 6.07) is 7.64. The van der Waals surface area contributed by atoms with E-state index in [0.717, 1.165) is 31.1 Å². The lowest BCUT2D eigenvalue weighted by Gasteiger charge is -2.38. The van der Waals surface area contributed by atoms with Gasteiger partial charge in [-0.1, -0.05) is 6.92 Å². The van der Waals surface area contributed by atoms with Crippen LogP contribution >= 0.6 is 0 Å². The van der Waals surface area contributed by atoms with E-state index in [9.17, 15) is 4.79 Å². The van der Waals surface area contributed by atoms with Gasteiger partial charge in [0, 0.05) is 30.4 Å². The van der Waals surface area contributed by atoms with E-state index >= 15 is 0 Å². The molecule has 2 rings (SSSR count). The van der Waals surface area contributed by atoms with Crippen molar-refractivity contribution in [1.82, 2.24) is 0 Å². The summed E-state index contributed by atoms with van der Waals surface area (Å²) < 4.78 is 9.97. The topological polar surface area (TPSA) is 59.6 Å². The first-order chi connectivity index (χ1) is 9.11. The molecule has 0 radical (unpaired) electrons. The Morgan fingerprint density at radius 1 is 1.32 bits per heavy atom. The third kappa shape index (κ3) is 3.94. The van der Waals surface area contributed by atoms with Gasteiger partial charge < -0.3 is 20.1 Å². The van der Waals surface area contributed by atoms with Gasteiger partial charge in [-0.2, -0.15) is 0 Å². The molecule has 5 nitrogen and oxygen atoms in total. The fraction of sp³-hybridized carbons (Fsp3) is 0.500. The monoisotopic (exact) mass is 264 g/mol. The Morgan fingerprint density at radius 3 is 2.47 bits per heavy atom. The van der Waals surface area contributed by atoms with E-state index in [1.807, 2.05) is 24.3 Å². The molecule has 1 heterocycles. The van der Waals surface area contributed by atoms with Crippen LogP contribution in [-0.2, 0) is 14.3 Å². The van der Waals surface area contributed by atoms with Crippen molar-refractivity contribution in [3.63, 3.8) is 0 Å². The molecular formula is C14H20N2O3. The van der Waals surface area contributed by atoms with E-state index in [4.69, 9.17) is 9.47 Å². The zero-order valence-corrected chi connectivity index (χ0v) is 11.4. The highest BCUT2D eigenvalue weighted by Gasteiger charge is 2.32. The Morgan fingerprint density at radius 2 is 1.95 bits per heavy atom. The van der Waals surface area contributed by atoms with Crippen molar-refractivity contribution < 1.29 is 14.3 Å². The first-order valence-electron chi connectivity index (χ1n) is 6.32. The van der Waals surface area contributed by atoms with Gasteiger partial charge in [0.1, 0.15) is 6.61 Å². The molecular weight excluding hydrogens is 244 g/mol.